The van der Waals surface area contributed by atoms with Crippen molar-refractivity contribution >= 4 is 5.96 Å². The van der Waals surface area contributed by atoms with Crippen molar-refractivity contribution in [1.29, 1.82) is 0 Å². The number of nitrogens with zero attached hydrogens (tertiary/aromatic N) is 1. The van der Waals surface area contributed by atoms with E-state index in [0.29, 0.717) is 23.8 Å². The molecule has 1 heterocycles. The summed E-state index contributed by atoms with van der Waals surface area (Å²) in [4.78, 5) is 4.31. The van der Waals surface area contributed by atoms with Gasteiger partial charge >= 0.3 is 0 Å². The number of hydrogen-bond acceptors (Lipinski definition) is 3. The maximum atomic E-state index is 13.6. The second-order valence-electron chi connectivity index (χ2n) is 4.70. The Labute approximate surface area is 128 Å². The molecule has 2 rings (SSSR count). The molecule has 0 saturated heterocycles. The van der Waals surface area contributed by atoms with Crippen LogP contribution < -0.4 is 10.6 Å². The molecule has 0 aliphatic rings. The number of aliphatic imine (C=N–C) groups is 1. The van der Waals surface area contributed by atoms with Crippen LogP contribution in [0.4, 0.5) is 4.39 Å². The van der Waals surface area contributed by atoms with Crippen molar-refractivity contribution in [3.63, 3.8) is 0 Å². The standard InChI is InChI=1S/C16H20FN3O2/c1-2-18-16(19-10-12-6-3-4-7-13(12)17)20-11-14(21)15-8-5-9-22-15/h3-9,14,21H,2,10-11H2,1H3,(H2,18,19,20). The number of furan rings is 1. The Bertz CT molecular complexity index is 599. The Morgan fingerprint density at radius 3 is 2.77 bits per heavy atom. The first-order valence-corrected chi connectivity index (χ1v) is 7.17. The molecule has 3 N–H and O–H groups in total. The fourth-order valence-electron chi connectivity index (χ4n) is 1.91. The third-order valence-corrected chi connectivity index (χ3v) is 3.04. The van der Waals surface area contributed by atoms with Crippen molar-refractivity contribution < 1.29 is 13.9 Å². The SMILES string of the molecule is CCNC(=NCc1ccccc1F)NCC(O)c1ccco1. The Hall–Kier alpha value is -2.34. The van der Waals surface area contributed by atoms with E-state index in [0.717, 1.165) is 0 Å². The Morgan fingerprint density at radius 2 is 2.09 bits per heavy atom. The highest BCUT2D eigenvalue weighted by atomic mass is 19.1. The zero-order valence-corrected chi connectivity index (χ0v) is 12.4. The summed E-state index contributed by atoms with van der Waals surface area (Å²) >= 11 is 0. The van der Waals surface area contributed by atoms with Crippen LogP contribution in [-0.2, 0) is 6.54 Å². The Balaban J connectivity index is 1.94. The lowest BCUT2D eigenvalue weighted by Gasteiger charge is -2.14. The second-order valence-corrected chi connectivity index (χ2v) is 4.70. The van der Waals surface area contributed by atoms with Gasteiger partial charge in [-0.1, -0.05) is 18.2 Å². The highest BCUT2D eigenvalue weighted by Crippen LogP contribution is 2.11. The van der Waals surface area contributed by atoms with Crippen LogP contribution in [0.25, 0.3) is 0 Å². The van der Waals surface area contributed by atoms with Crippen LogP contribution in [-0.4, -0.2) is 24.2 Å². The summed E-state index contributed by atoms with van der Waals surface area (Å²) < 4.78 is 18.7. The van der Waals surface area contributed by atoms with Gasteiger partial charge in [0.05, 0.1) is 19.4 Å². The average molecular weight is 305 g/mol. The number of hydrogen-bond donors (Lipinski definition) is 3. The second kappa shape index (κ2) is 8.19. The number of halogens is 1. The maximum absolute atomic E-state index is 13.6. The molecule has 0 aliphatic carbocycles. The molecule has 0 spiro atoms. The quantitative estimate of drug-likeness (QED) is 0.565. The van der Waals surface area contributed by atoms with E-state index in [4.69, 9.17) is 4.42 Å². The van der Waals surface area contributed by atoms with Crippen LogP contribution in [0.2, 0.25) is 0 Å². The van der Waals surface area contributed by atoms with Gasteiger partial charge in [-0.2, -0.15) is 0 Å². The number of benzene rings is 1. The fraction of sp³-hybridized carbons (Fsp3) is 0.312. The Kier molecular flexibility index (Phi) is 5.97. The van der Waals surface area contributed by atoms with Gasteiger partial charge in [0.1, 0.15) is 17.7 Å². The molecule has 0 saturated carbocycles. The van der Waals surface area contributed by atoms with Gasteiger partial charge in [0.25, 0.3) is 0 Å². The molecule has 22 heavy (non-hydrogen) atoms. The summed E-state index contributed by atoms with van der Waals surface area (Å²) in [5.74, 6) is 0.714. The van der Waals surface area contributed by atoms with Crippen LogP contribution in [0.15, 0.2) is 52.1 Å². The fourth-order valence-corrected chi connectivity index (χ4v) is 1.91. The van der Waals surface area contributed by atoms with Gasteiger partial charge < -0.3 is 20.2 Å². The van der Waals surface area contributed by atoms with E-state index in [9.17, 15) is 9.50 Å². The lowest BCUT2D eigenvalue weighted by atomic mass is 10.2. The van der Waals surface area contributed by atoms with E-state index >= 15 is 0 Å². The van der Waals surface area contributed by atoms with E-state index in [2.05, 4.69) is 15.6 Å². The topological polar surface area (TPSA) is 69.8 Å². The zero-order chi connectivity index (χ0) is 15.8. The zero-order valence-electron chi connectivity index (χ0n) is 12.4. The lowest BCUT2D eigenvalue weighted by Crippen LogP contribution is -2.39. The number of guanidine groups is 1. The van der Waals surface area contributed by atoms with Crippen LogP contribution in [0, 0.1) is 5.82 Å². The molecular weight excluding hydrogens is 285 g/mol. The van der Waals surface area contributed by atoms with Gasteiger partial charge in [0.15, 0.2) is 5.96 Å². The first-order valence-electron chi connectivity index (χ1n) is 7.17. The van der Waals surface area contributed by atoms with E-state index in [1.165, 1.54) is 12.3 Å². The third-order valence-electron chi connectivity index (χ3n) is 3.04. The largest absolute Gasteiger partial charge is 0.467 e. The number of aliphatic hydroxyl groups excluding tert-OH is 1. The summed E-state index contributed by atoms with van der Waals surface area (Å²) in [5, 5.41) is 16.0. The van der Waals surface area contributed by atoms with E-state index in [1.807, 2.05) is 6.92 Å². The predicted molar refractivity (Wildman–Crippen MR) is 82.9 cm³/mol. The molecule has 1 aromatic heterocycles. The maximum Gasteiger partial charge on any atom is 0.191 e. The van der Waals surface area contributed by atoms with E-state index in [1.54, 1.807) is 30.3 Å². The summed E-state index contributed by atoms with van der Waals surface area (Å²) in [5.41, 5.74) is 0.520. The molecule has 0 bridgehead atoms. The predicted octanol–water partition coefficient (Wildman–Crippen LogP) is 2.21. The monoisotopic (exact) mass is 305 g/mol. The average Bonchev–Trinajstić information content (AvgIpc) is 3.05. The molecule has 0 radical (unpaired) electrons. The molecule has 5 nitrogen and oxygen atoms in total. The number of rotatable bonds is 6. The third kappa shape index (κ3) is 4.60. The minimum absolute atomic E-state index is 0.221. The minimum atomic E-state index is -0.771. The van der Waals surface area contributed by atoms with Crippen LogP contribution >= 0.6 is 0 Å². The van der Waals surface area contributed by atoms with E-state index in [-0.39, 0.29) is 18.9 Å². The highest BCUT2D eigenvalue weighted by molar-refractivity contribution is 5.79. The summed E-state index contributed by atoms with van der Waals surface area (Å²) in [6.45, 7) is 3.07. The van der Waals surface area contributed by atoms with Crippen LogP contribution in [0.1, 0.15) is 24.4 Å². The summed E-state index contributed by atoms with van der Waals surface area (Å²) in [7, 11) is 0. The molecule has 1 atom stereocenters. The van der Waals surface area contributed by atoms with Gasteiger partial charge in [-0.15, -0.1) is 0 Å². The molecule has 0 fully saturated rings. The number of nitrogens with one attached hydrogen (secondary N) is 2. The molecular formula is C16H20FN3O2. The van der Waals surface area contributed by atoms with Crippen molar-refractivity contribution in [2.45, 2.75) is 19.6 Å². The molecule has 1 unspecified atom stereocenters. The summed E-state index contributed by atoms with van der Waals surface area (Å²) in [6, 6.07) is 9.94. The smallest absolute Gasteiger partial charge is 0.191 e. The molecule has 118 valence electrons. The molecule has 6 heteroatoms. The van der Waals surface area contributed by atoms with Crippen molar-refractivity contribution in [3.05, 3.63) is 59.8 Å². The molecule has 1 aromatic carbocycles. The Morgan fingerprint density at radius 1 is 1.27 bits per heavy atom. The lowest BCUT2D eigenvalue weighted by molar-refractivity contribution is 0.153. The number of aliphatic hydroxyl groups is 1. The van der Waals surface area contributed by atoms with Crippen LogP contribution in [0.3, 0.4) is 0 Å². The normalized spacial score (nSPS) is 13.0. The van der Waals surface area contributed by atoms with Crippen LogP contribution in [0.5, 0.6) is 0 Å². The highest BCUT2D eigenvalue weighted by Gasteiger charge is 2.11. The van der Waals surface area contributed by atoms with Gasteiger partial charge in [-0.25, -0.2) is 9.38 Å². The van der Waals surface area contributed by atoms with Gasteiger partial charge in [0, 0.05) is 12.1 Å². The van der Waals surface area contributed by atoms with E-state index < -0.39 is 6.10 Å². The first-order chi connectivity index (χ1) is 10.7. The summed E-state index contributed by atoms with van der Waals surface area (Å²) in [6.07, 6.45) is 0.739. The minimum Gasteiger partial charge on any atom is -0.467 e. The van der Waals surface area contributed by atoms with Crippen molar-refractivity contribution in [2.75, 3.05) is 13.1 Å². The van der Waals surface area contributed by atoms with Gasteiger partial charge in [0.2, 0.25) is 0 Å². The van der Waals surface area contributed by atoms with Gasteiger partial charge in [-0.3, -0.25) is 0 Å². The molecule has 0 amide bonds. The van der Waals surface area contributed by atoms with Crippen molar-refractivity contribution in [3.8, 4) is 0 Å². The molecule has 2 aromatic rings. The van der Waals surface area contributed by atoms with Crippen molar-refractivity contribution in [1.82, 2.24) is 10.6 Å². The first kappa shape index (κ1) is 16.0. The van der Waals surface area contributed by atoms with Crippen molar-refractivity contribution in [2.24, 2.45) is 4.99 Å². The van der Waals surface area contributed by atoms with Gasteiger partial charge in [-0.05, 0) is 25.1 Å². The molecule has 0 aliphatic heterocycles.